The van der Waals surface area contributed by atoms with Gasteiger partial charge in [0.2, 0.25) is 0 Å². The molecule has 3 heterocycles. The molecule has 190 valence electrons. The van der Waals surface area contributed by atoms with Crippen molar-refractivity contribution in [3.63, 3.8) is 0 Å². The number of aromatic nitrogens is 3. The highest BCUT2D eigenvalue weighted by atomic mass is 19.1. The van der Waals surface area contributed by atoms with Gasteiger partial charge in [-0.1, -0.05) is 56.5 Å². The number of hydrogen-bond acceptors (Lipinski definition) is 2. The number of fused-ring (bicyclic) bond motifs is 3. The van der Waals surface area contributed by atoms with E-state index in [0.29, 0.717) is 6.54 Å². The summed E-state index contributed by atoms with van der Waals surface area (Å²) in [5.41, 5.74) is 4.58. The Labute approximate surface area is 216 Å². The van der Waals surface area contributed by atoms with Crippen LogP contribution in [0, 0.1) is 5.82 Å². The van der Waals surface area contributed by atoms with Crippen LogP contribution in [-0.2, 0) is 13.0 Å². The summed E-state index contributed by atoms with van der Waals surface area (Å²) in [6.07, 6.45) is 8.24. The number of benzene rings is 2. The van der Waals surface area contributed by atoms with Crippen molar-refractivity contribution in [1.29, 1.82) is 0 Å². The zero-order chi connectivity index (χ0) is 25.4. The van der Waals surface area contributed by atoms with Gasteiger partial charge in [-0.25, -0.2) is 13.9 Å². The van der Waals surface area contributed by atoms with Gasteiger partial charge in [0.1, 0.15) is 11.6 Å². The van der Waals surface area contributed by atoms with Crippen molar-refractivity contribution >= 4 is 6.03 Å². The predicted molar refractivity (Wildman–Crippen MR) is 141 cm³/mol. The number of amides is 2. The third-order valence-electron chi connectivity index (χ3n) is 7.66. The van der Waals surface area contributed by atoms with Crippen LogP contribution < -0.4 is 5.32 Å². The Morgan fingerprint density at radius 2 is 1.84 bits per heavy atom. The Hall–Kier alpha value is -3.87. The smallest absolute Gasteiger partial charge is 0.318 e. The molecule has 0 bridgehead atoms. The molecule has 1 N–H and O–H groups in total. The summed E-state index contributed by atoms with van der Waals surface area (Å²) in [4.78, 5) is 15.9. The molecule has 6 rings (SSSR count). The highest BCUT2D eigenvalue weighted by Gasteiger charge is 2.37. The molecule has 4 aromatic rings. The number of nitrogens with zero attached hydrogens (tertiary/aromatic N) is 4. The summed E-state index contributed by atoms with van der Waals surface area (Å²) in [7, 11) is 0. The second kappa shape index (κ2) is 9.88. The first kappa shape index (κ1) is 23.5. The Balaban J connectivity index is 1.53. The van der Waals surface area contributed by atoms with E-state index >= 15 is 0 Å². The summed E-state index contributed by atoms with van der Waals surface area (Å²) in [6, 6.07) is 20.3. The quantitative estimate of drug-likeness (QED) is 0.359. The van der Waals surface area contributed by atoms with Crippen molar-refractivity contribution in [3.05, 3.63) is 101 Å². The first-order valence-corrected chi connectivity index (χ1v) is 13.3. The Kier molecular flexibility index (Phi) is 6.28. The molecule has 0 spiro atoms. The molecule has 1 atom stereocenters. The molecular weight excluding hydrogens is 465 g/mol. The third kappa shape index (κ3) is 4.32. The second-order valence-corrected chi connectivity index (χ2v) is 10.0. The lowest BCUT2D eigenvalue weighted by molar-refractivity contribution is 0.173. The van der Waals surface area contributed by atoms with Gasteiger partial charge in [0.15, 0.2) is 0 Å². The molecule has 2 aromatic carbocycles. The maximum atomic E-state index is 14.5. The van der Waals surface area contributed by atoms with Crippen molar-refractivity contribution in [2.45, 2.75) is 64.1 Å². The molecule has 2 aliphatic rings. The zero-order valence-electron chi connectivity index (χ0n) is 21.1. The molecule has 1 aliphatic carbocycles. The highest BCUT2D eigenvalue weighted by molar-refractivity contribution is 5.76. The van der Waals surface area contributed by atoms with Gasteiger partial charge in [0.25, 0.3) is 0 Å². The fourth-order valence-electron chi connectivity index (χ4n) is 5.88. The van der Waals surface area contributed by atoms with Gasteiger partial charge in [-0.2, -0.15) is 5.10 Å². The SMILES string of the molecule is CCc1nn(-c2ccccc2)c2c1CN(C(=O)NC1CCCCC1)[C@@H](c1cccc(F)c1)c1cccn1-2. The number of carbonyl (C=O) groups excluding carboxylic acids is 1. The first-order chi connectivity index (χ1) is 18.1. The van der Waals surface area contributed by atoms with Crippen molar-refractivity contribution in [2.24, 2.45) is 0 Å². The topological polar surface area (TPSA) is 55.1 Å². The fourth-order valence-corrected chi connectivity index (χ4v) is 5.88. The van der Waals surface area contributed by atoms with Crippen LogP contribution in [0.15, 0.2) is 72.9 Å². The summed E-state index contributed by atoms with van der Waals surface area (Å²) in [6.45, 7) is 2.47. The Morgan fingerprint density at radius 1 is 1.03 bits per heavy atom. The van der Waals surface area contributed by atoms with Crippen LogP contribution in [-0.4, -0.2) is 31.3 Å². The van der Waals surface area contributed by atoms with Crippen LogP contribution in [0.1, 0.15) is 67.6 Å². The van der Waals surface area contributed by atoms with Gasteiger partial charge in [-0.3, -0.25) is 0 Å². The van der Waals surface area contributed by atoms with E-state index in [1.807, 2.05) is 64.3 Å². The van der Waals surface area contributed by atoms with Crippen LogP contribution in [0.3, 0.4) is 0 Å². The van der Waals surface area contributed by atoms with Crippen molar-refractivity contribution in [2.75, 3.05) is 0 Å². The van der Waals surface area contributed by atoms with Crippen LogP contribution in [0.5, 0.6) is 0 Å². The second-order valence-electron chi connectivity index (χ2n) is 10.0. The van der Waals surface area contributed by atoms with E-state index in [0.717, 1.165) is 66.1 Å². The van der Waals surface area contributed by atoms with E-state index in [2.05, 4.69) is 16.8 Å². The van der Waals surface area contributed by atoms with Gasteiger partial charge >= 0.3 is 6.03 Å². The summed E-state index contributed by atoms with van der Waals surface area (Å²) >= 11 is 0. The summed E-state index contributed by atoms with van der Waals surface area (Å²) in [5, 5.41) is 8.32. The predicted octanol–water partition coefficient (Wildman–Crippen LogP) is 6.31. The standard InChI is InChI=1S/C30H32FN5O/c1-2-26-25-20-35(30(37)32-23-13-5-3-6-14-23)28(21-11-9-12-22(31)19-21)27-17-10-18-34(27)29(25)36(33-26)24-15-7-4-8-16-24/h4,7-12,15-19,23,28H,2-3,5-6,13-14,20H2,1H3,(H,32,37)/t28-/m0/s1. The Morgan fingerprint density at radius 3 is 2.59 bits per heavy atom. The Bertz CT molecular complexity index is 1400. The number of carbonyl (C=O) groups is 1. The lowest BCUT2D eigenvalue weighted by Crippen LogP contribution is -2.46. The van der Waals surface area contributed by atoms with Crippen LogP contribution >= 0.6 is 0 Å². The van der Waals surface area contributed by atoms with E-state index in [1.54, 1.807) is 12.1 Å². The van der Waals surface area contributed by atoms with Crippen molar-refractivity contribution in [1.82, 2.24) is 24.6 Å². The van der Waals surface area contributed by atoms with E-state index in [9.17, 15) is 9.18 Å². The summed E-state index contributed by atoms with van der Waals surface area (Å²) < 4.78 is 18.6. The number of aryl methyl sites for hydroxylation is 1. The molecule has 1 aliphatic heterocycles. The molecule has 1 saturated carbocycles. The molecule has 2 aromatic heterocycles. The molecule has 0 radical (unpaired) electrons. The van der Waals surface area contributed by atoms with Gasteiger partial charge in [0, 0.05) is 17.8 Å². The molecule has 37 heavy (non-hydrogen) atoms. The van der Waals surface area contributed by atoms with Gasteiger partial charge < -0.3 is 14.8 Å². The van der Waals surface area contributed by atoms with Gasteiger partial charge in [-0.15, -0.1) is 0 Å². The van der Waals surface area contributed by atoms with Crippen LogP contribution in [0.25, 0.3) is 11.5 Å². The molecule has 2 amide bonds. The van der Waals surface area contributed by atoms with E-state index in [1.165, 1.54) is 12.5 Å². The minimum atomic E-state index is -0.448. The van der Waals surface area contributed by atoms with E-state index in [4.69, 9.17) is 5.10 Å². The lowest BCUT2D eigenvalue weighted by Gasteiger charge is -2.33. The van der Waals surface area contributed by atoms with Crippen molar-refractivity contribution in [3.8, 4) is 11.5 Å². The average molecular weight is 498 g/mol. The normalized spacial score (nSPS) is 17.7. The maximum Gasteiger partial charge on any atom is 0.318 e. The first-order valence-electron chi connectivity index (χ1n) is 13.3. The number of hydrogen-bond donors (Lipinski definition) is 1. The van der Waals surface area contributed by atoms with Gasteiger partial charge in [-0.05, 0) is 61.2 Å². The summed E-state index contributed by atoms with van der Waals surface area (Å²) in [5.74, 6) is 0.618. The van der Waals surface area contributed by atoms with Crippen molar-refractivity contribution < 1.29 is 9.18 Å². The number of rotatable bonds is 4. The van der Waals surface area contributed by atoms with E-state index in [-0.39, 0.29) is 17.9 Å². The molecule has 6 nitrogen and oxygen atoms in total. The van der Waals surface area contributed by atoms with E-state index < -0.39 is 6.04 Å². The van der Waals surface area contributed by atoms with Crippen LogP contribution in [0.4, 0.5) is 9.18 Å². The monoisotopic (exact) mass is 497 g/mol. The molecule has 0 unspecified atom stereocenters. The molecule has 1 fully saturated rings. The number of para-hydroxylation sites is 1. The molecular formula is C30H32FN5O. The fraction of sp³-hybridized carbons (Fsp3) is 0.333. The zero-order valence-corrected chi connectivity index (χ0v) is 21.1. The molecule has 0 saturated heterocycles. The average Bonchev–Trinajstić information content (AvgIpc) is 3.51. The number of halogens is 1. The largest absolute Gasteiger partial charge is 0.335 e. The number of urea groups is 1. The third-order valence-corrected chi connectivity index (χ3v) is 7.66. The molecule has 7 heteroatoms. The minimum Gasteiger partial charge on any atom is -0.335 e. The van der Waals surface area contributed by atoms with Crippen LogP contribution in [0.2, 0.25) is 0 Å². The number of nitrogens with one attached hydrogen (secondary N) is 1. The highest BCUT2D eigenvalue weighted by Crippen LogP contribution is 2.39. The lowest BCUT2D eigenvalue weighted by atomic mass is 9.95. The minimum absolute atomic E-state index is 0.115. The van der Waals surface area contributed by atoms with Gasteiger partial charge in [0.05, 0.1) is 29.7 Å². The maximum absolute atomic E-state index is 14.5.